The predicted octanol–water partition coefficient (Wildman–Crippen LogP) is 5.38. The van der Waals surface area contributed by atoms with Crippen molar-refractivity contribution in [1.82, 2.24) is 9.47 Å². The molecule has 0 saturated carbocycles. The number of methoxy groups -OCH3 is 3. The number of nitrogens with zero attached hydrogens (tertiary/aromatic N) is 2. The van der Waals surface area contributed by atoms with Crippen LogP contribution in [-0.4, -0.2) is 42.4 Å². The summed E-state index contributed by atoms with van der Waals surface area (Å²) in [7, 11) is 4.92. The van der Waals surface area contributed by atoms with Gasteiger partial charge in [0.15, 0.2) is 11.6 Å². The highest BCUT2D eigenvalue weighted by atomic mass is 19.2. The molecule has 1 aromatic heterocycles. The van der Waals surface area contributed by atoms with E-state index in [1.165, 1.54) is 40.9 Å². The fourth-order valence-electron chi connectivity index (χ4n) is 5.62. The van der Waals surface area contributed by atoms with Crippen LogP contribution in [0.25, 0.3) is 10.9 Å². The van der Waals surface area contributed by atoms with Crippen molar-refractivity contribution in [2.75, 3.05) is 27.9 Å². The Morgan fingerprint density at radius 2 is 1.68 bits per heavy atom. The molecule has 2 aliphatic rings. The molecule has 6 nitrogen and oxygen atoms in total. The molecule has 1 unspecified atom stereocenters. The van der Waals surface area contributed by atoms with Crippen molar-refractivity contribution in [2.24, 2.45) is 0 Å². The minimum atomic E-state index is -0.834. The summed E-state index contributed by atoms with van der Waals surface area (Å²) < 4.78 is 42.5. The standard InChI is InChI=1S/C22H24N2O3.C8H8F2O/c1-26-15-4-3-14-7-8-23-12-22-19(11-21(23)17(14)9-15)18-10-16(27-2)5-6-20(18)24(22)13-25;1-11-5-6-2-3-7(9)8(10)4-6/h3-6,9-10,21,25H,7-8,11-13H2,1-2H3;2-4H,5H2,1H3. The first-order chi connectivity index (χ1) is 18.5. The number of halogens is 2. The van der Waals surface area contributed by atoms with Crippen LogP contribution >= 0.6 is 0 Å². The second kappa shape index (κ2) is 11.1. The van der Waals surface area contributed by atoms with E-state index in [0.29, 0.717) is 18.2 Å². The molecule has 3 heterocycles. The molecular weight excluding hydrogens is 490 g/mol. The molecule has 38 heavy (non-hydrogen) atoms. The molecule has 6 rings (SSSR count). The van der Waals surface area contributed by atoms with E-state index in [-0.39, 0.29) is 6.73 Å². The van der Waals surface area contributed by atoms with Gasteiger partial charge < -0.3 is 23.9 Å². The van der Waals surface area contributed by atoms with Crippen molar-refractivity contribution in [1.29, 1.82) is 0 Å². The Hall–Kier alpha value is -3.46. The van der Waals surface area contributed by atoms with Crippen LogP contribution in [0.2, 0.25) is 0 Å². The van der Waals surface area contributed by atoms with Gasteiger partial charge in [0.1, 0.15) is 18.2 Å². The lowest BCUT2D eigenvalue weighted by molar-refractivity contribution is 0.146. The zero-order chi connectivity index (χ0) is 26.8. The molecule has 4 aromatic rings. The van der Waals surface area contributed by atoms with Crippen molar-refractivity contribution in [3.8, 4) is 11.5 Å². The minimum absolute atomic E-state index is 0.00107. The average molecular weight is 523 g/mol. The number of fused-ring (bicyclic) bond motifs is 6. The molecule has 0 saturated heterocycles. The zero-order valence-corrected chi connectivity index (χ0v) is 21.8. The Labute approximate surface area is 221 Å². The molecule has 1 N–H and O–H groups in total. The maximum absolute atomic E-state index is 12.5. The molecule has 1 atom stereocenters. The van der Waals surface area contributed by atoms with E-state index in [4.69, 9.17) is 14.2 Å². The van der Waals surface area contributed by atoms with Gasteiger partial charge >= 0.3 is 0 Å². The van der Waals surface area contributed by atoms with Gasteiger partial charge in [-0.3, -0.25) is 4.90 Å². The van der Waals surface area contributed by atoms with E-state index in [9.17, 15) is 13.9 Å². The van der Waals surface area contributed by atoms with Crippen LogP contribution in [0.1, 0.15) is 34.0 Å². The van der Waals surface area contributed by atoms with Crippen LogP contribution in [0.3, 0.4) is 0 Å². The lowest BCUT2D eigenvalue weighted by Gasteiger charge is -2.41. The number of rotatable bonds is 5. The predicted molar refractivity (Wildman–Crippen MR) is 141 cm³/mol. The van der Waals surface area contributed by atoms with Gasteiger partial charge in [-0.1, -0.05) is 12.1 Å². The summed E-state index contributed by atoms with van der Waals surface area (Å²) in [5.74, 6) is 0.110. The molecule has 0 bridgehead atoms. The smallest absolute Gasteiger partial charge is 0.159 e. The Kier molecular flexibility index (Phi) is 7.65. The first kappa shape index (κ1) is 26.2. The van der Waals surface area contributed by atoms with E-state index in [0.717, 1.165) is 55.1 Å². The van der Waals surface area contributed by atoms with Gasteiger partial charge in [-0.15, -0.1) is 0 Å². The first-order valence-electron chi connectivity index (χ1n) is 12.6. The molecular formula is C30H32F2N2O4. The number of aliphatic hydroxyl groups is 1. The van der Waals surface area contributed by atoms with Gasteiger partial charge in [0.05, 0.1) is 26.3 Å². The fraction of sp³-hybridized carbons (Fsp3) is 0.333. The summed E-state index contributed by atoms with van der Waals surface area (Å²) in [5, 5.41) is 11.2. The number of benzene rings is 3. The molecule has 2 aliphatic heterocycles. The highest BCUT2D eigenvalue weighted by molar-refractivity contribution is 5.87. The van der Waals surface area contributed by atoms with Gasteiger partial charge in [0.2, 0.25) is 0 Å². The van der Waals surface area contributed by atoms with Crippen molar-refractivity contribution in [3.63, 3.8) is 0 Å². The molecule has 8 heteroatoms. The van der Waals surface area contributed by atoms with Crippen LogP contribution in [0, 0.1) is 11.6 Å². The van der Waals surface area contributed by atoms with Crippen LogP contribution in [0.15, 0.2) is 54.6 Å². The Morgan fingerprint density at radius 3 is 2.39 bits per heavy atom. The second-order valence-electron chi connectivity index (χ2n) is 9.56. The summed E-state index contributed by atoms with van der Waals surface area (Å²) in [6, 6.07) is 16.6. The summed E-state index contributed by atoms with van der Waals surface area (Å²) in [6.45, 7) is 2.20. The number of aliphatic hydroxyl groups excluding tert-OH is 1. The van der Waals surface area contributed by atoms with Crippen molar-refractivity contribution in [2.45, 2.75) is 38.8 Å². The van der Waals surface area contributed by atoms with Crippen molar-refractivity contribution >= 4 is 10.9 Å². The third-order valence-corrected chi connectivity index (χ3v) is 7.50. The van der Waals surface area contributed by atoms with Gasteiger partial charge in [-0.25, -0.2) is 8.78 Å². The number of hydrogen-bond donors (Lipinski definition) is 1. The molecule has 0 fully saturated rings. The van der Waals surface area contributed by atoms with Gasteiger partial charge in [-0.2, -0.15) is 0 Å². The summed E-state index contributed by atoms with van der Waals surface area (Å²) in [4.78, 5) is 2.53. The van der Waals surface area contributed by atoms with Gasteiger partial charge in [0.25, 0.3) is 0 Å². The SMILES string of the molecule is COCc1ccc(F)c(F)c1.COc1ccc2c(c1)C1Cc3c(n(CO)c4ccc(OC)cc34)CN1CC2. The monoisotopic (exact) mass is 522 g/mol. The van der Waals surface area contributed by atoms with Crippen molar-refractivity contribution in [3.05, 3.63) is 94.2 Å². The van der Waals surface area contributed by atoms with Gasteiger partial charge in [-0.05, 0) is 77.6 Å². The van der Waals surface area contributed by atoms with E-state index in [2.05, 4.69) is 35.2 Å². The summed E-state index contributed by atoms with van der Waals surface area (Å²) in [5.41, 5.74) is 7.06. The normalized spacial score (nSPS) is 16.2. The average Bonchev–Trinajstić information content (AvgIpc) is 3.25. The molecule has 3 aromatic carbocycles. The Balaban J connectivity index is 0.000000226. The highest BCUT2D eigenvalue weighted by Gasteiger charge is 2.35. The topological polar surface area (TPSA) is 56.1 Å². The number of aromatic nitrogens is 1. The van der Waals surface area contributed by atoms with E-state index in [1.807, 2.05) is 10.6 Å². The third kappa shape index (κ3) is 4.87. The minimum Gasteiger partial charge on any atom is -0.497 e. The maximum Gasteiger partial charge on any atom is 0.159 e. The molecule has 0 spiro atoms. The molecule has 0 aliphatic carbocycles. The Morgan fingerprint density at radius 1 is 0.921 bits per heavy atom. The molecule has 0 radical (unpaired) electrons. The van der Waals surface area contributed by atoms with E-state index in [1.54, 1.807) is 14.2 Å². The highest BCUT2D eigenvalue weighted by Crippen LogP contribution is 2.43. The molecule has 0 amide bonds. The largest absolute Gasteiger partial charge is 0.497 e. The lowest BCUT2D eigenvalue weighted by atomic mass is 9.85. The first-order valence-corrected chi connectivity index (χ1v) is 12.6. The summed E-state index contributed by atoms with van der Waals surface area (Å²) in [6.07, 6.45) is 1.99. The molecule has 200 valence electrons. The number of ether oxygens (including phenoxy) is 3. The van der Waals surface area contributed by atoms with Gasteiger partial charge in [0, 0.05) is 37.3 Å². The fourth-order valence-corrected chi connectivity index (χ4v) is 5.62. The lowest BCUT2D eigenvalue weighted by Crippen LogP contribution is -2.39. The van der Waals surface area contributed by atoms with Crippen LogP contribution < -0.4 is 9.47 Å². The Bertz CT molecular complexity index is 1450. The second-order valence-corrected chi connectivity index (χ2v) is 9.56. The van der Waals surface area contributed by atoms with E-state index < -0.39 is 11.6 Å². The summed E-state index contributed by atoms with van der Waals surface area (Å²) >= 11 is 0. The zero-order valence-electron chi connectivity index (χ0n) is 21.8. The van der Waals surface area contributed by atoms with E-state index >= 15 is 0 Å². The van der Waals surface area contributed by atoms with Crippen LogP contribution in [-0.2, 0) is 37.5 Å². The number of hydrogen-bond acceptors (Lipinski definition) is 5. The third-order valence-electron chi connectivity index (χ3n) is 7.50. The van der Waals surface area contributed by atoms with Crippen molar-refractivity contribution < 1.29 is 28.1 Å². The van der Waals surface area contributed by atoms with Crippen LogP contribution in [0.5, 0.6) is 11.5 Å². The quantitative estimate of drug-likeness (QED) is 0.382. The van der Waals surface area contributed by atoms with Crippen LogP contribution in [0.4, 0.5) is 8.78 Å². The maximum atomic E-state index is 12.5.